The molecule has 0 unspecified atom stereocenters. The van der Waals surface area contributed by atoms with Gasteiger partial charge in [-0.3, -0.25) is 4.98 Å². The van der Waals surface area contributed by atoms with Gasteiger partial charge < -0.3 is 19.9 Å². The van der Waals surface area contributed by atoms with Crippen LogP contribution in [0.25, 0.3) is 0 Å². The molecule has 0 fully saturated rings. The second kappa shape index (κ2) is 8.72. The second-order valence-corrected chi connectivity index (χ2v) is 6.65. The Morgan fingerprint density at radius 2 is 2.09 bits per heavy atom. The first-order valence-electron chi connectivity index (χ1n) is 7.92. The van der Waals surface area contributed by atoms with Gasteiger partial charge in [0, 0.05) is 12.2 Å². The molecule has 2 atom stereocenters. The maximum Gasteiger partial charge on any atom is 0.407 e. The lowest BCUT2D eigenvalue weighted by Gasteiger charge is -2.22. The molecule has 1 aromatic heterocycles. The van der Waals surface area contributed by atoms with Crippen LogP contribution in [0.15, 0.2) is 18.3 Å². The minimum absolute atomic E-state index is 0.0463. The van der Waals surface area contributed by atoms with Crippen molar-refractivity contribution in [3.63, 3.8) is 0 Å². The van der Waals surface area contributed by atoms with Crippen molar-refractivity contribution < 1.29 is 19.4 Å². The molecule has 1 rings (SSSR count). The molecule has 0 aliphatic heterocycles. The van der Waals surface area contributed by atoms with Crippen LogP contribution in [-0.2, 0) is 11.2 Å². The molecule has 0 saturated carbocycles. The topological polar surface area (TPSA) is 80.7 Å². The Balaban J connectivity index is 2.53. The zero-order chi connectivity index (χ0) is 17.5. The Bertz CT molecular complexity index is 500. The van der Waals surface area contributed by atoms with Crippen LogP contribution in [0.4, 0.5) is 4.79 Å². The number of alkyl carbamates (subject to hydrolysis) is 1. The van der Waals surface area contributed by atoms with Gasteiger partial charge in [-0.05, 0) is 59.6 Å². The highest BCUT2D eigenvalue weighted by Crippen LogP contribution is 2.19. The van der Waals surface area contributed by atoms with Gasteiger partial charge in [0.15, 0.2) is 0 Å². The van der Waals surface area contributed by atoms with Crippen molar-refractivity contribution in [2.75, 3.05) is 6.61 Å². The minimum atomic E-state index is -0.508. The van der Waals surface area contributed by atoms with E-state index in [-0.39, 0.29) is 18.8 Å². The van der Waals surface area contributed by atoms with Gasteiger partial charge in [0.2, 0.25) is 0 Å². The third-order valence-electron chi connectivity index (χ3n) is 3.01. The SMILES string of the molecule is C[C@H](CCc1ncccc1O[C@H](C)CO)NC(=O)OC(C)(C)C. The average molecular weight is 324 g/mol. The van der Waals surface area contributed by atoms with Crippen LogP contribution >= 0.6 is 0 Å². The summed E-state index contributed by atoms with van der Waals surface area (Å²) in [6.45, 7) is 9.16. The number of aliphatic hydroxyl groups excluding tert-OH is 1. The molecule has 0 aliphatic rings. The van der Waals surface area contributed by atoms with Crippen molar-refractivity contribution in [3.8, 4) is 5.75 Å². The van der Waals surface area contributed by atoms with Crippen LogP contribution in [0, 0.1) is 0 Å². The van der Waals surface area contributed by atoms with Gasteiger partial charge in [-0.15, -0.1) is 0 Å². The normalized spacial score (nSPS) is 14.0. The number of hydrogen-bond acceptors (Lipinski definition) is 5. The Hall–Kier alpha value is -1.82. The lowest BCUT2D eigenvalue weighted by atomic mass is 10.1. The van der Waals surface area contributed by atoms with Crippen molar-refractivity contribution in [1.29, 1.82) is 0 Å². The van der Waals surface area contributed by atoms with Crippen LogP contribution in [0.2, 0.25) is 0 Å². The fourth-order valence-electron chi connectivity index (χ4n) is 1.91. The van der Waals surface area contributed by atoms with E-state index in [1.807, 2.05) is 33.8 Å². The Morgan fingerprint density at radius 1 is 1.39 bits per heavy atom. The van der Waals surface area contributed by atoms with Gasteiger partial charge in [0.25, 0.3) is 0 Å². The van der Waals surface area contributed by atoms with E-state index in [1.165, 1.54) is 0 Å². The van der Waals surface area contributed by atoms with Gasteiger partial charge in [-0.1, -0.05) is 0 Å². The Morgan fingerprint density at radius 3 is 2.70 bits per heavy atom. The summed E-state index contributed by atoms with van der Waals surface area (Å²) in [4.78, 5) is 16.1. The van der Waals surface area contributed by atoms with E-state index in [0.717, 1.165) is 5.69 Å². The number of aryl methyl sites for hydroxylation is 1. The highest BCUT2D eigenvalue weighted by Gasteiger charge is 2.18. The monoisotopic (exact) mass is 324 g/mol. The van der Waals surface area contributed by atoms with E-state index >= 15 is 0 Å². The molecule has 0 saturated heterocycles. The van der Waals surface area contributed by atoms with E-state index in [9.17, 15) is 4.79 Å². The van der Waals surface area contributed by atoms with E-state index in [4.69, 9.17) is 14.6 Å². The molecular weight excluding hydrogens is 296 g/mol. The summed E-state index contributed by atoms with van der Waals surface area (Å²) in [5.41, 5.74) is 0.303. The molecule has 0 bridgehead atoms. The maximum atomic E-state index is 11.7. The van der Waals surface area contributed by atoms with Gasteiger partial charge in [-0.2, -0.15) is 0 Å². The second-order valence-electron chi connectivity index (χ2n) is 6.65. The highest BCUT2D eigenvalue weighted by atomic mass is 16.6. The standard InChI is InChI=1S/C17H28N2O4/c1-12(19-16(21)23-17(3,4)5)8-9-14-15(7-6-10-18-14)22-13(2)11-20/h6-7,10,12-13,20H,8-9,11H2,1-5H3,(H,19,21)/t12-,13-/m1/s1. The highest BCUT2D eigenvalue weighted by molar-refractivity contribution is 5.68. The lowest BCUT2D eigenvalue weighted by Crippen LogP contribution is -2.37. The van der Waals surface area contributed by atoms with Crippen molar-refractivity contribution in [2.24, 2.45) is 0 Å². The first kappa shape index (κ1) is 19.2. The molecule has 0 spiro atoms. The van der Waals surface area contributed by atoms with Crippen LogP contribution in [0.5, 0.6) is 5.75 Å². The predicted octanol–water partition coefficient (Wildman–Crippen LogP) is 2.69. The fourth-order valence-corrected chi connectivity index (χ4v) is 1.91. The number of hydrogen-bond donors (Lipinski definition) is 2. The van der Waals surface area contributed by atoms with Crippen molar-refractivity contribution in [1.82, 2.24) is 10.3 Å². The molecule has 0 aliphatic carbocycles. The van der Waals surface area contributed by atoms with Crippen molar-refractivity contribution >= 4 is 6.09 Å². The van der Waals surface area contributed by atoms with Gasteiger partial charge in [-0.25, -0.2) is 4.79 Å². The average Bonchev–Trinajstić information content (AvgIpc) is 2.44. The zero-order valence-electron chi connectivity index (χ0n) is 14.6. The van der Waals surface area contributed by atoms with Crippen molar-refractivity contribution in [2.45, 2.75) is 65.2 Å². The number of carbonyl (C=O) groups is 1. The summed E-state index contributed by atoms with van der Waals surface area (Å²) in [5.74, 6) is 0.665. The summed E-state index contributed by atoms with van der Waals surface area (Å²) in [6, 6.07) is 3.58. The van der Waals surface area contributed by atoms with E-state index < -0.39 is 11.7 Å². The molecule has 6 nitrogen and oxygen atoms in total. The fraction of sp³-hybridized carbons (Fsp3) is 0.647. The van der Waals surface area contributed by atoms with Gasteiger partial charge in [0.1, 0.15) is 17.5 Å². The quantitative estimate of drug-likeness (QED) is 0.806. The minimum Gasteiger partial charge on any atom is -0.486 e. The first-order valence-corrected chi connectivity index (χ1v) is 7.92. The summed E-state index contributed by atoms with van der Waals surface area (Å²) >= 11 is 0. The number of rotatable bonds is 7. The van der Waals surface area contributed by atoms with Crippen LogP contribution in [-0.4, -0.2) is 40.5 Å². The Labute approximate surface area is 138 Å². The van der Waals surface area contributed by atoms with E-state index in [1.54, 1.807) is 19.2 Å². The van der Waals surface area contributed by atoms with Crippen molar-refractivity contribution in [3.05, 3.63) is 24.0 Å². The molecule has 130 valence electrons. The molecule has 0 radical (unpaired) electrons. The predicted molar refractivity (Wildman–Crippen MR) is 88.6 cm³/mol. The largest absolute Gasteiger partial charge is 0.486 e. The van der Waals surface area contributed by atoms with Gasteiger partial charge >= 0.3 is 6.09 Å². The first-order chi connectivity index (χ1) is 10.7. The number of pyridine rings is 1. The zero-order valence-corrected chi connectivity index (χ0v) is 14.6. The molecule has 1 aromatic rings. The molecule has 6 heteroatoms. The van der Waals surface area contributed by atoms with Gasteiger partial charge in [0.05, 0.1) is 12.3 Å². The molecule has 1 heterocycles. The number of amides is 1. The number of aliphatic hydroxyl groups is 1. The Kier molecular flexibility index (Phi) is 7.29. The maximum absolute atomic E-state index is 11.7. The van der Waals surface area contributed by atoms with Crippen LogP contribution in [0.1, 0.15) is 46.7 Å². The van der Waals surface area contributed by atoms with E-state index in [2.05, 4.69) is 10.3 Å². The molecule has 23 heavy (non-hydrogen) atoms. The third kappa shape index (κ3) is 7.83. The number of nitrogens with one attached hydrogen (secondary N) is 1. The molecular formula is C17H28N2O4. The number of carbonyl (C=O) groups excluding carboxylic acids is 1. The smallest absolute Gasteiger partial charge is 0.407 e. The molecule has 1 amide bonds. The number of ether oxygens (including phenoxy) is 2. The summed E-state index contributed by atoms with van der Waals surface area (Å²) in [6.07, 6.45) is 2.37. The summed E-state index contributed by atoms with van der Waals surface area (Å²) in [7, 11) is 0. The third-order valence-corrected chi connectivity index (χ3v) is 3.01. The van der Waals surface area contributed by atoms with E-state index in [0.29, 0.717) is 18.6 Å². The van der Waals surface area contributed by atoms with Crippen LogP contribution < -0.4 is 10.1 Å². The number of aromatic nitrogens is 1. The summed E-state index contributed by atoms with van der Waals surface area (Å²) < 4.78 is 10.9. The number of nitrogens with zero attached hydrogens (tertiary/aromatic N) is 1. The van der Waals surface area contributed by atoms with Crippen LogP contribution in [0.3, 0.4) is 0 Å². The summed E-state index contributed by atoms with van der Waals surface area (Å²) in [5, 5.41) is 11.9. The molecule has 2 N–H and O–H groups in total. The molecule has 0 aromatic carbocycles. The lowest BCUT2D eigenvalue weighted by molar-refractivity contribution is 0.0506.